The first-order chi connectivity index (χ1) is 13.5. The van der Waals surface area contributed by atoms with Crippen LogP contribution in [0.1, 0.15) is 45.4 Å². The molecule has 3 heterocycles. The summed E-state index contributed by atoms with van der Waals surface area (Å²) in [6.45, 7) is 5.16. The van der Waals surface area contributed by atoms with Gasteiger partial charge < -0.3 is 10.2 Å². The van der Waals surface area contributed by atoms with E-state index in [2.05, 4.69) is 34.3 Å². The molecule has 0 bridgehead atoms. The molecule has 1 N–H and O–H groups in total. The molecule has 0 radical (unpaired) electrons. The van der Waals surface area contributed by atoms with Crippen LogP contribution in [0.4, 0.5) is 0 Å². The Labute approximate surface area is 170 Å². The van der Waals surface area contributed by atoms with Crippen LogP contribution in [0.25, 0.3) is 0 Å². The molecule has 1 aliphatic rings. The summed E-state index contributed by atoms with van der Waals surface area (Å²) in [5.41, 5.74) is 4.31. The van der Waals surface area contributed by atoms with Gasteiger partial charge in [-0.3, -0.25) is 19.5 Å². The van der Waals surface area contributed by atoms with Crippen molar-refractivity contribution < 1.29 is 9.59 Å². The normalized spacial score (nSPS) is 13.8. The van der Waals surface area contributed by atoms with Gasteiger partial charge in [-0.05, 0) is 30.0 Å². The van der Waals surface area contributed by atoms with Crippen molar-refractivity contribution in [1.29, 1.82) is 0 Å². The van der Waals surface area contributed by atoms with Crippen LogP contribution < -0.4 is 5.32 Å². The van der Waals surface area contributed by atoms with E-state index in [1.54, 1.807) is 30.3 Å². The number of amides is 2. The van der Waals surface area contributed by atoms with Crippen LogP contribution in [-0.4, -0.2) is 53.8 Å². The quantitative estimate of drug-likeness (QED) is 0.775. The Balaban J connectivity index is 1.61. The average molecular weight is 401 g/mol. The molecule has 3 rings (SSSR count). The Kier molecular flexibility index (Phi) is 6.80. The molecule has 0 fully saturated rings. The fraction of sp³-hybridized carbons (Fsp3) is 0.476. The van der Waals surface area contributed by atoms with E-state index in [0.717, 1.165) is 43.7 Å². The number of hydrogen-bond donors (Lipinski definition) is 1. The number of carbonyl (C=O) groups excluding carboxylic acids is 2. The molecule has 150 valence electrons. The third-order valence-electron chi connectivity index (χ3n) is 5.24. The van der Waals surface area contributed by atoms with Gasteiger partial charge in [-0.2, -0.15) is 0 Å². The first-order valence-electron chi connectivity index (χ1n) is 9.73. The Morgan fingerprint density at radius 1 is 1.36 bits per heavy atom. The van der Waals surface area contributed by atoms with Crippen molar-refractivity contribution in [2.45, 2.75) is 39.3 Å². The summed E-state index contributed by atoms with van der Waals surface area (Å²) in [6.07, 6.45) is 4.16. The van der Waals surface area contributed by atoms with Gasteiger partial charge in [-0.1, -0.05) is 13.0 Å². The summed E-state index contributed by atoms with van der Waals surface area (Å²) < 4.78 is 0. The van der Waals surface area contributed by atoms with Crippen LogP contribution >= 0.6 is 11.3 Å². The van der Waals surface area contributed by atoms with Crippen LogP contribution in [0.5, 0.6) is 0 Å². The Morgan fingerprint density at radius 2 is 2.18 bits per heavy atom. The maximum absolute atomic E-state index is 12.8. The maximum atomic E-state index is 12.8. The maximum Gasteiger partial charge on any atom is 0.254 e. The summed E-state index contributed by atoms with van der Waals surface area (Å²) >= 11 is 1.66. The second kappa shape index (κ2) is 9.30. The monoisotopic (exact) mass is 400 g/mol. The summed E-state index contributed by atoms with van der Waals surface area (Å²) in [5, 5.41) is 4.56. The van der Waals surface area contributed by atoms with Gasteiger partial charge in [0.25, 0.3) is 5.91 Å². The molecular formula is C21H28N4O2S. The molecule has 0 atom stereocenters. The van der Waals surface area contributed by atoms with E-state index in [4.69, 9.17) is 0 Å². The minimum atomic E-state index is -0.0526. The Morgan fingerprint density at radius 3 is 2.86 bits per heavy atom. The highest BCUT2D eigenvalue weighted by Crippen LogP contribution is 2.30. The van der Waals surface area contributed by atoms with Crippen molar-refractivity contribution >= 4 is 23.2 Å². The van der Waals surface area contributed by atoms with E-state index in [-0.39, 0.29) is 11.8 Å². The fourth-order valence-electron chi connectivity index (χ4n) is 3.38. The minimum absolute atomic E-state index is 0.00618. The van der Waals surface area contributed by atoms with E-state index in [1.807, 2.05) is 11.6 Å². The van der Waals surface area contributed by atoms with Crippen molar-refractivity contribution in [1.82, 2.24) is 20.1 Å². The second-order valence-corrected chi connectivity index (χ2v) is 8.14. The molecule has 0 spiro atoms. The van der Waals surface area contributed by atoms with Gasteiger partial charge in [0.05, 0.1) is 11.3 Å². The van der Waals surface area contributed by atoms with Gasteiger partial charge in [-0.25, -0.2) is 0 Å². The van der Waals surface area contributed by atoms with Crippen LogP contribution in [0.3, 0.4) is 0 Å². The highest BCUT2D eigenvalue weighted by atomic mass is 32.1. The number of nitrogens with zero attached hydrogens (tertiary/aromatic N) is 3. The smallest absolute Gasteiger partial charge is 0.254 e. The van der Waals surface area contributed by atoms with Crippen LogP contribution in [-0.2, 0) is 30.7 Å². The van der Waals surface area contributed by atoms with Crippen LogP contribution in [0.15, 0.2) is 23.7 Å². The van der Waals surface area contributed by atoms with Crippen LogP contribution in [0.2, 0.25) is 0 Å². The summed E-state index contributed by atoms with van der Waals surface area (Å²) in [6, 6.07) is 4.26. The molecule has 0 saturated carbocycles. The number of hydrogen-bond acceptors (Lipinski definition) is 5. The fourth-order valence-corrected chi connectivity index (χ4v) is 4.50. The molecule has 1 aliphatic heterocycles. The molecule has 7 heteroatoms. The SMILES string of the molecule is CCc1ccc(CN2CCc3c(C(=O)N(C)CCC(=O)NC)csc3C2)nc1. The van der Waals surface area contributed by atoms with Gasteiger partial charge in [0.2, 0.25) is 5.91 Å². The number of carbonyl (C=O) groups is 2. The van der Waals surface area contributed by atoms with E-state index in [9.17, 15) is 9.59 Å². The number of fused-ring (bicyclic) bond motifs is 1. The predicted octanol–water partition coefficient (Wildman–Crippen LogP) is 2.47. The van der Waals surface area contributed by atoms with E-state index in [0.29, 0.717) is 13.0 Å². The first-order valence-corrected chi connectivity index (χ1v) is 10.6. The van der Waals surface area contributed by atoms with Crippen LogP contribution in [0, 0.1) is 0 Å². The lowest BCUT2D eigenvalue weighted by molar-refractivity contribution is -0.120. The lowest BCUT2D eigenvalue weighted by atomic mass is 10.0. The number of aryl methyl sites for hydroxylation is 1. The largest absolute Gasteiger partial charge is 0.359 e. The molecule has 6 nitrogen and oxygen atoms in total. The molecule has 0 aromatic carbocycles. The number of rotatable bonds is 7. The molecule has 0 saturated heterocycles. The lowest BCUT2D eigenvalue weighted by Crippen LogP contribution is -2.33. The molecule has 2 aromatic heterocycles. The third kappa shape index (κ3) is 4.77. The molecule has 2 amide bonds. The predicted molar refractivity (Wildman–Crippen MR) is 111 cm³/mol. The molecule has 0 unspecified atom stereocenters. The van der Waals surface area contributed by atoms with Gasteiger partial charge in [0, 0.05) is 63.1 Å². The van der Waals surface area contributed by atoms with E-state index in [1.165, 1.54) is 16.0 Å². The highest BCUT2D eigenvalue weighted by molar-refractivity contribution is 7.10. The molecule has 28 heavy (non-hydrogen) atoms. The zero-order valence-corrected chi connectivity index (χ0v) is 17.6. The highest BCUT2D eigenvalue weighted by Gasteiger charge is 2.25. The first kappa shape index (κ1) is 20.5. The number of thiophene rings is 1. The van der Waals surface area contributed by atoms with Crippen molar-refractivity contribution in [2.75, 3.05) is 27.2 Å². The molecule has 0 aliphatic carbocycles. The topological polar surface area (TPSA) is 65.5 Å². The number of nitrogens with one attached hydrogen (secondary N) is 1. The molecule has 2 aromatic rings. The zero-order chi connectivity index (χ0) is 20.1. The van der Waals surface area contributed by atoms with Crippen molar-refractivity contribution in [3.05, 3.63) is 51.0 Å². The van der Waals surface area contributed by atoms with E-state index < -0.39 is 0 Å². The summed E-state index contributed by atoms with van der Waals surface area (Å²) in [4.78, 5) is 34.1. The minimum Gasteiger partial charge on any atom is -0.359 e. The third-order valence-corrected chi connectivity index (χ3v) is 6.25. The molecular weight excluding hydrogens is 372 g/mol. The zero-order valence-electron chi connectivity index (χ0n) is 16.8. The Hall–Kier alpha value is -2.25. The Bertz CT molecular complexity index is 831. The second-order valence-electron chi connectivity index (χ2n) is 7.17. The van der Waals surface area contributed by atoms with Gasteiger partial charge in [0.15, 0.2) is 0 Å². The van der Waals surface area contributed by atoms with Crippen molar-refractivity contribution in [3.63, 3.8) is 0 Å². The lowest BCUT2D eigenvalue weighted by Gasteiger charge is -2.27. The standard InChI is InChI=1S/C21H28N4O2S/c1-4-15-5-6-16(23-11-15)12-25-10-7-17-18(14-28-19(17)13-25)21(27)24(3)9-8-20(26)22-2/h5-6,11,14H,4,7-10,12-13H2,1-3H3,(H,22,26). The van der Waals surface area contributed by atoms with Gasteiger partial charge in [0.1, 0.15) is 0 Å². The summed E-state index contributed by atoms with van der Waals surface area (Å²) in [7, 11) is 3.37. The van der Waals surface area contributed by atoms with E-state index >= 15 is 0 Å². The van der Waals surface area contributed by atoms with Crippen molar-refractivity contribution in [3.8, 4) is 0 Å². The van der Waals surface area contributed by atoms with Gasteiger partial charge in [-0.15, -0.1) is 11.3 Å². The average Bonchev–Trinajstić information content (AvgIpc) is 3.14. The summed E-state index contributed by atoms with van der Waals surface area (Å²) in [5.74, 6) is -0.0464. The van der Waals surface area contributed by atoms with Gasteiger partial charge >= 0.3 is 0 Å². The number of aromatic nitrogens is 1. The van der Waals surface area contributed by atoms with Crippen molar-refractivity contribution in [2.24, 2.45) is 0 Å². The number of pyridine rings is 1.